The van der Waals surface area contributed by atoms with Crippen molar-refractivity contribution in [2.24, 2.45) is 5.92 Å². The van der Waals surface area contributed by atoms with Crippen LogP contribution < -0.4 is 5.32 Å². The second kappa shape index (κ2) is 5.96. The SMILES string of the molecule is CC(C)CCC(C)Nc1ccnc(Cl)c1. The molecule has 0 aliphatic rings. The fraction of sp³-hybridized carbons (Fsp3) is 0.583. The first kappa shape index (κ1) is 12.3. The Bertz CT molecular complexity index is 299. The van der Waals surface area contributed by atoms with E-state index < -0.39 is 0 Å². The minimum Gasteiger partial charge on any atom is -0.382 e. The van der Waals surface area contributed by atoms with Crippen molar-refractivity contribution in [1.29, 1.82) is 0 Å². The highest BCUT2D eigenvalue weighted by Crippen LogP contribution is 2.15. The molecule has 0 saturated heterocycles. The minimum atomic E-state index is 0.478. The predicted octanol–water partition coefficient (Wildman–Crippen LogP) is 3.97. The van der Waals surface area contributed by atoms with E-state index in [1.807, 2.05) is 12.1 Å². The third kappa shape index (κ3) is 5.03. The summed E-state index contributed by atoms with van der Waals surface area (Å²) in [6.45, 7) is 6.68. The van der Waals surface area contributed by atoms with E-state index in [0.717, 1.165) is 11.6 Å². The molecule has 0 aromatic carbocycles. The Balaban J connectivity index is 2.40. The van der Waals surface area contributed by atoms with E-state index in [2.05, 4.69) is 31.1 Å². The Kier molecular flexibility index (Phi) is 4.89. The van der Waals surface area contributed by atoms with Crippen LogP contribution in [0.2, 0.25) is 5.15 Å². The van der Waals surface area contributed by atoms with Crippen molar-refractivity contribution in [3.05, 3.63) is 23.5 Å². The summed E-state index contributed by atoms with van der Waals surface area (Å²) in [7, 11) is 0. The van der Waals surface area contributed by atoms with Gasteiger partial charge in [0.2, 0.25) is 0 Å². The number of rotatable bonds is 5. The molecule has 1 heterocycles. The lowest BCUT2D eigenvalue weighted by Crippen LogP contribution is -2.15. The Morgan fingerprint density at radius 3 is 2.67 bits per heavy atom. The van der Waals surface area contributed by atoms with Gasteiger partial charge >= 0.3 is 0 Å². The first-order valence-electron chi connectivity index (χ1n) is 5.46. The van der Waals surface area contributed by atoms with Crippen molar-refractivity contribution in [2.45, 2.75) is 39.7 Å². The quantitative estimate of drug-likeness (QED) is 0.769. The molecule has 2 nitrogen and oxygen atoms in total. The van der Waals surface area contributed by atoms with E-state index in [9.17, 15) is 0 Å². The van der Waals surface area contributed by atoms with Crippen molar-refractivity contribution < 1.29 is 0 Å². The van der Waals surface area contributed by atoms with Gasteiger partial charge in [-0.25, -0.2) is 4.98 Å². The van der Waals surface area contributed by atoms with Crippen LogP contribution in [0, 0.1) is 5.92 Å². The highest BCUT2D eigenvalue weighted by atomic mass is 35.5. The van der Waals surface area contributed by atoms with Crippen LogP contribution in [0.25, 0.3) is 0 Å². The maximum atomic E-state index is 5.80. The predicted molar refractivity (Wildman–Crippen MR) is 66.4 cm³/mol. The number of hydrogen-bond donors (Lipinski definition) is 1. The minimum absolute atomic E-state index is 0.478. The van der Waals surface area contributed by atoms with E-state index in [1.54, 1.807) is 6.20 Å². The molecule has 1 unspecified atom stereocenters. The second-order valence-corrected chi connectivity index (χ2v) is 4.77. The zero-order chi connectivity index (χ0) is 11.3. The summed E-state index contributed by atoms with van der Waals surface area (Å²) in [4.78, 5) is 3.95. The molecule has 0 aliphatic carbocycles. The lowest BCUT2D eigenvalue weighted by molar-refractivity contribution is 0.527. The van der Waals surface area contributed by atoms with Crippen molar-refractivity contribution in [1.82, 2.24) is 4.98 Å². The number of aromatic nitrogens is 1. The van der Waals surface area contributed by atoms with Gasteiger partial charge < -0.3 is 5.32 Å². The summed E-state index contributed by atoms with van der Waals surface area (Å²) < 4.78 is 0. The van der Waals surface area contributed by atoms with Crippen LogP contribution in [0.3, 0.4) is 0 Å². The number of halogens is 1. The third-order valence-electron chi connectivity index (χ3n) is 2.32. The Labute approximate surface area is 97.1 Å². The fourth-order valence-corrected chi connectivity index (χ4v) is 1.61. The van der Waals surface area contributed by atoms with Crippen LogP contribution in [0.4, 0.5) is 5.69 Å². The molecule has 0 fully saturated rings. The van der Waals surface area contributed by atoms with Crippen molar-refractivity contribution in [3.8, 4) is 0 Å². The molecule has 1 atom stereocenters. The van der Waals surface area contributed by atoms with E-state index in [-0.39, 0.29) is 0 Å². The standard InChI is InChI=1S/C12H19ClN2/c1-9(2)4-5-10(3)15-11-6-7-14-12(13)8-11/h6-10H,4-5H2,1-3H3,(H,14,15). The van der Waals surface area contributed by atoms with Crippen LogP contribution in [0.1, 0.15) is 33.6 Å². The van der Waals surface area contributed by atoms with Gasteiger partial charge in [-0.1, -0.05) is 25.4 Å². The van der Waals surface area contributed by atoms with Gasteiger partial charge in [0, 0.05) is 17.9 Å². The van der Waals surface area contributed by atoms with E-state index >= 15 is 0 Å². The first-order chi connectivity index (χ1) is 7.08. The third-order valence-corrected chi connectivity index (χ3v) is 2.52. The number of nitrogens with one attached hydrogen (secondary N) is 1. The smallest absolute Gasteiger partial charge is 0.131 e. The number of hydrogen-bond acceptors (Lipinski definition) is 2. The fourth-order valence-electron chi connectivity index (χ4n) is 1.43. The number of pyridine rings is 1. The topological polar surface area (TPSA) is 24.9 Å². The van der Waals surface area contributed by atoms with Gasteiger partial charge in [0.25, 0.3) is 0 Å². The second-order valence-electron chi connectivity index (χ2n) is 4.38. The Morgan fingerprint density at radius 1 is 1.33 bits per heavy atom. The highest BCUT2D eigenvalue weighted by Gasteiger charge is 2.03. The molecule has 15 heavy (non-hydrogen) atoms. The van der Waals surface area contributed by atoms with Gasteiger partial charge in [0.05, 0.1) is 0 Å². The molecular formula is C12H19ClN2. The van der Waals surface area contributed by atoms with Crippen molar-refractivity contribution in [2.75, 3.05) is 5.32 Å². The normalized spacial score (nSPS) is 12.9. The summed E-state index contributed by atoms with van der Waals surface area (Å²) >= 11 is 5.80. The van der Waals surface area contributed by atoms with Gasteiger partial charge in [0.1, 0.15) is 5.15 Å². The number of anilines is 1. The van der Waals surface area contributed by atoms with Gasteiger partial charge in [0.15, 0.2) is 0 Å². The van der Waals surface area contributed by atoms with Crippen molar-refractivity contribution >= 4 is 17.3 Å². The summed E-state index contributed by atoms with van der Waals surface area (Å²) in [5, 5.41) is 3.95. The average molecular weight is 227 g/mol. The molecule has 0 radical (unpaired) electrons. The average Bonchev–Trinajstić information content (AvgIpc) is 2.15. The largest absolute Gasteiger partial charge is 0.382 e. The summed E-state index contributed by atoms with van der Waals surface area (Å²) in [6, 6.07) is 4.27. The lowest BCUT2D eigenvalue weighted by atomic mass is 10.0. The van der Waals surface area contributed by atoms with E-state index in [0.29, 0.717) is 11.2 Å². The molecule has 1 rings (SSSR count). The molecule has 1 N–H and O–H groups in total. The van der Waals surface area contributed by atoms with Gasteiger partial charge in [-0.3, -0.25) is 0 Å². The molecule has 3 heteroatoms. The Hall–Kier alpha value is -0.760. The van der Waals surface area contributed by atoms with Crippen molar-refractivity contribution in [3.63, 3.8) is 0 Å². The molecule has 0 amide bonds. The molecule has 0 bridgehead atoms. The van der Waals surface area contributed by atoms with Gasteiger partial charge in [-0.2, -0.15) is 0 Å². The molecule has 84 valence electrons. The zero-order valence-electron chi connectivity index (χ0n) is 9.63. The summed E-state index contributed by atoms with van der Waals surface area (Å²) in [6.07, 6.45) is 4.14. The molecule has 1 aromatic rings. The van der Waals surface area contributed by atoms with Crippen LogP contribution in [0.5, 0.6) is 0 Å². The lowest BCUT2D eigenvalue weighted by Gasteiger charge is -2.16. The van der Waals surface area contributed by atoms with E-state index in [4.69, 9.17) is 11.6 Å². The maximum absolute atomic E-state index is 5.80. The van der Waals surface area contributed by atoms with Crippen LogP contribution >= 0.6 is 11.6 Å². The van der Waals surface area contributed by atoms with Gasteiger partial charge in [-0.05, 0) is 37.8 Å². The van der Waals surface area contributed by atoms with Crippen LogP contribution in [0.15, 0.2) is 18.3 Å². The molecule has 0 spiro atoms. The zero-order valence-corrected chi connectivity index (χ0v) is 10.4. The molecular weight excluding hydrogens is 208 g/mol. The Morgan fingerprint density at radius 2 is 2.07 bits per heavy atom. The molecule has 1 aromatic heterocycles. The summed E-state index contributed by atoms with van der Waals surface area (Å²) in [5.41, 5.74) is 1.05. The molecule has 0 aliphatic heterocycles. The van der Waals surface area contributed by atoms with Crippen LogP contribution in [-0.4, -0.2) is 11.0 Å². The highest BCUT2D eigenvalue weighted by molar-refractivity contribution is 6.29. The van der Waals surface area contributed by atoms with Crippen LogP contribution in [-0.2, 0) is 0 Å². The number of nitrogens with zero attached hydrogens (tertiary/aromatic N) is 1. The monoisotopic (exact) mass is 226 g/mol. The van der Waals surface area contributed by atoms with E-state index in [1.165, 1.54) is 12.8 Å². The van der Waals surface area contributed by atoms with Gasteiger partial charge in [-0.15, -0.1) is 0 Å². The summed E-state index contributed by atoms with van der Waals surface area (Å²) in [5.74, 6) is 0.760. The molecule has 0 saturated carbocycles. The maximum Gasteiger partial charge on any atom is 0.131 e. The first-order valence-corrected chi connectivity index (χ1v) is 5.84.